The fraction of sp³-hybridized carbons (Fsp3) is 0.389. The molecule has 0 spiro atoms. The van der Waals surface area contributed by atoms with E-state index in [0.29, 0.717) is 0 Å². The van der Waals surface area contributed by atoms with Crippen molar-refractivity contribution in [2.45, 2.75) is 39.2 Å². The maximum absolute atomic E-state index is 4.53. The molecule has 3 nitrogen and oxygen atoms in total. The largest absolute Gasteiger partial charge is 0.361 e. The molecular weight excluding hydrogens is 290 g/mol. The Balaban J connectivity index is 1.52. The minimum absolute atomic E-state index is 0.146. The minimum atomic E-state index is 0.146. The molecule has 0 fully saturated rings. The standard InChI is InChI=1S/C18H23N3S/c1-18(2,3)17-21-12-14(22-17)11-19-9-8-13-10-20-16-7-5-4-6-15(13)16/h4-7,10,12,19-20H,8-9,11H2,1-3H3. The monoisotopic (exact) mass is 313 g/mol. The number of rotatable bonds is 5. The van der Waals surface area contributed by atoms with Gasteiger partial charge in [0.25, 0.3) is 0 Å². The van der Waals surface area contributed by atoms with Gasteiger partial charge in [-0.2, -0.15) is 0 Å². The maximum Gasteiger partial charge on any atom is 0.0981 e. The molecule has 0 aliphatic carbocycles. The van der Waals surface area contributed by atoms with E-state index in [1.165, 1.54) is 26.4 Å². The summed E-state index contributed by atoms with van der Waals surface area (Å²) in [6.45, 7) is 8.50. The summed E-state index contributed by atoms with van der Waals surface area (Å²) in [5.41, 5.74) is 2.74. The molecule has 0 radical (unpaired) electrons. The van der Waals surface area contributed by atoms with Gasteiger partial charge in [-0.25, -0.2) is 4.98 Å². The number of para-hydroxylation sites is 1. The first-order valence-electron chi connectivity index (χ1n) is 7.75. The summed E-state index contributed by atoms with van der Waals surface area (Å²) < 4.78 is 0. The van der Waals surface area contributed by atoms with Gasteiger partial charge in [0.2, 0.25) is 0 Å². The van der Waals surface area contributed by atoms with E-state index in [1.807, 2.05) is 17.5 Å². The van der Waals surface area contributed by atoms with Crippen molar-refractivity contribution >= 4 is 22.2 Å². The molecule has 0 saturated carbocycles. The molecule has 2 heterocycles. The van der Waals surface area contributed by atoms with Gasteiger partial charge in [0.05, 0.1) is 5.01 Å². The highest BCUT2D eigenvalue weighted by Gasteiger charge is 2.17. The molecular formula is C18H23N3S. The Morgan fingerprint density at radius 1 is 1.23 bits per heavy atom. The number of hydrogen-bond donors (Lipinski definition) is 2. The topological polar surface area (TPSA) is 40.7 Å². The Hall–Kier alpha value is -1.65. The SMILES string of the molecule is CC(C)(C)c1ncc(CNCCc2c[nH]c3ccccc23)s1. The van der Waals surface area contributed by atoms with Gasteiger partial charge in [0.1, 0.15) is 0 Å². The molecule has 0 bridgehead atoms. The summed E-state index contributed by atoms with van der Waals surface area (Å²) in [5, 5.41) is 6.07. The number of hydrogen-bond acceptors (Lipinski definition) is 3. The van der Waals surface area contributed by atoms with Gasteiger partial charge >= 0.3 is 0 Å². The summed E-state index contributed by atoms with van der Waals surface area (Å²) in [4.78, 5) is 9.17. The van der Waals surface area contributed by atoms with E-state index in [1.54, 1.807) is 0 Å². The van der Waals surface area contributed by atoms with Crippen molar-refractivity contribution in [3.8, 4) is 0 Å². The van der Waals surface area contributed by atoms with Crippen molar-refractivity contribution in [1.82, 2.24) is 15.3 Å². The molecule has 116 valence electrons. The second-order valence-electron chi connectivity index (χ2n) is 6.67. The Morgan fingerprint density at radius 2 is 2.05 bits per heavy atom. The maximum atomic E-state index is 4.53. The molecule has 2 N–H and O–H groups in total. The molecule has 2 aromatic heterocycles. The van der Waals surface area contributed by atoms with Crippen LogP contribution in [0, 0.1) is 0 Å². The van der Waals surface area contributed by atoms with Crippen LogP contribution in [0.25, 0.3) is 10.9 Å². The van der Waals surface area contributed by atoms with Crippen LogP contribution in [0.4, 0.5) is 0 Å². The van der Waals surface area contributed by atoms with Gasteiger partial charge in [0.15, 0.2) is 0 Å². The quantitative estimate of drug-likeness (QED) is 0.691. The van der Waals surface area contributed by atoms with Crippen molar-refractivity contribution < 1.29 is 0 Å². The lowest BCUT2D eigenvalue weighted by Crippen LogP contribution is -2.15. The van der Waals surface area contributed by atoms with Crippen molar-refractivity contribution in [2.75, 3.05) is 6.54 Å². The van der Waals surface area contributed by atoms with Crippen LogP contribution in [-0.2, 0) is 18.4 Å². The molecule has 0 atom stereocenters. The van der Waals surface area contributed by atoms with Gasteiger partial charge < -0.3 is 10.3 Å². The van der Waals surface area contributed by atoms with Crippen LogP contribution < -0.4 is 5.32 Å². The van der Waals surface area contributed by atoms with Gasteiger partial charge in [-0.1, -0.05) is 39.0 Å². The Morgan fingerprint density at radius 3 is 2.82 bits per heavy atom. The van der Waals surface area contributed by atoms with Gasteiger partial charge in [-0.05, 0) is 24.6 Å². The van der Waals surface area contributed by atoms with E-state index in [4.69, 9.17) is 0 Å². The van der Waals surface area contributed by atoms with Crippen LogP contribution in [-0.4, -0.2) is 16.5 Å². The van der Waals surface area contributed by atoms with E-state index in [2.05, 4.69) is 66.5 Å². The summed E-state index contributed by atoms with van der Waals surface area (Å²) >= 11 is 1.81. The third-order valence-electron chi connectivity index (χ3n) is 3.74. The third kappa shape index (κ3) is 3.39. The second-order valence-corrected chi connectivity index (χ2v) is 7.78. The highest BCUT2D eigenvalue weighted by molar-refractivity contribution is 7.11. The predicted molar refractivity (Wildman–Crippen MR) is 94.5 cm³/mol. The lowest BCUT2D eigenvalue weighted by molar-refractivity contribution is 0.585. The highest BCUT2D eigenvalue weighted by atomic mass is 32.1. The number of fused-ring (bicyclic) bond motifs is 1. The molecule has 1 aromatic carbocycles. The van der Waals surface area contributed by atoms with Crippen molar-refractivity contribution in [1.29, 1.82) is 0 Å². The van der Waals surface area contributed by atoms with Crippen LogP contribution in [0.5, 0.6) is 0 Å². The number of aromatic amines is 1. The highest BCUT2D eigenvalue weighted by Crippen LogP contribution is 2.26. The summed E-state index contributed by atoms with van der Waals surface area (Å²) in [7, 11) is 0. The molecule has 0 amide bonds. The van der Waals surface area contributed by atoms with Crippen molar-refractivity contribution in [2.24, 2.45) is 0 Å². The predicted octanol–water partition coefficient (Wildman–Crippen LogP) is 4.25. The lowest BCUT2D eigenvalue weighted by atomic mass is 9.98. The van der Waals surface area contributed by atoms with Crippen LogP contribution in [0.15, 0.2) is 36.7 Å². The second kappa shape index (κ2) is 6.23. The molecule has 3 aromatic rings. The van der Waals surface area contributed by atoms with E-state index < -0.39 is 0 Å². The average Bonchev–Trinajstić information content (AvgIpc) is 3.10. The van der Waals surface area contributed by atoms with E-state index in [-0.39, 0.29) is 5.41 Å². The smallest absolute Gasteiger partial charge is 0.0981 e. The number of H-pyrrole nitrogens is 1. The fourth-order valence-electron chi connectivity index (χ4n) is 2.51. The summed E-state index contributed by atoms with van der Waals surface area (Å²) in [6, 6.07) is 8.47. The zero-order valence-corrected chi connectivity index (χ0v) is 14.3. The number of benzene rings is 1. The van der Waals surface area contributed by atoms with Gasteiger partial charge in [-0.3, -0.25) is 0 Å². The minimum Gasteiger partial charge on any atom is -0.361 e. The molecule has 4 heteroatoms. The van der Waals surface area contributed by atoms with Crippen molar-refractivity contribution in [3.63, 3.8) is 0 Å². The number of thiazole rings is 1. The van der Waals surface area contributed by atoms with Crippen LogP contribution in [0.2, 0.25) is 0 Å². The molecule has 0 saturated heterocycles. The third-order valence-corrected chi connectivity index (χ3v) is 5.16. The molecule has 3 rings (SSSR count). The van der Waals surface area contributed by atoms with Crippen LogP contribution in [0.1, 0.15) is 36.2 Å². The number of nitrogens with one attached hydrogen (secondary N) is 2. The van der Waals surface area contributed by atoms with Crippen molar-refractivity contribution in [3.05, 3.63) is 52.1 Å². The lowest BCUT2D eigenvalue weighted by Gasteiger charge is -2.13. The Bertz CT molecular complexity index is 749. The summed E-state index contributed by atoms with van der Waals surface area (Å²) in [6.07, 6.45) is 5.16. The fourth-order valence-corrected chi connectivity index (χ4v) is 3.45. The Labute approximate surface area is 135 Å². The van der Waals surface area contributed by atoms with E-state index in [0.717, 1.165) is 19.5 Å². The summed E-state index contributed by atoms with van der Waals surface area (Å²) in [5.74, 6) is 0. The zero-order chi connectivity index (χ0) is 15.6. The van der Waals surface area contributed by atoms with Gasteiger partial charge in [-0.15, -0.1) is 11.3 Å². The first-order valence-corrected chi connectivity index (χ1v) is 8.56. The normalized spacial score (nSPS) is 12.1. The number of aromatic nitrogens is 2. The molecule has 0 aliphatic heterocycles. The average molecular weight is 313 g/mol. The number of nitrogens with zero attached hydrogens (tertiary/aromatic N) is 1. The molecule has 22 heavy (non-hydrogen) atoms. The zero-order valence-electron chi connectivity index (χ0n) is 13.4. The Kier molecular flexibility index (Phi) is 4.32. The van der Waals surface area contributed by atoms with Gasteiger partial charge in [0, 0.05) is 40.1 Å². The van der Waals surface area contributed by atoms with E-state index in [9.17, 15) is 0 Å². The van der Waals surface area contributed by atoms with Crippen LogP contribution in [0.3, 0.4) is 0 Å². The first kappa shape index (κ1) is 15.3. The molecule has 0 aliphatic rings. The molecule has 0 unspecified atom stereocenters. The first-order chi connectivity index (χ1) is 10.5. The van der Waals surface area contributed by atoms with Crippen LogP contribution >= 0.6 is 11.3 Å². The van der Waals surface area contributed by atoms with E-state index >= 15 is 0 Å².